The van der Waals surface area contributed by atoms with Crippen LogP contribution in [0.1, 0.15) is 21.5 Å². The highest BCUT2D eigenvalue weighted by Gasteiger charge is 2.23. The second kappa shape index (κ2) is 5.43. The first-order valence-electron chi connectivity index (χ1n) is 6.32. The van der Waals surface area contributed by atoms with Crippen molar-refractivity contribution in [1.82, 2.24) is 10.3 Å². The second-order valence-electron chi connectivity index (χ2n) is 4.84. The first kappa shape index (κ1) is 13.4. The lowest BCUT2D eigenvalue weighted by Gasteiger charge is -2.12. The van der Waals surface area contributed by atoms with Crippen molar-refractivity contribution in [2.45, 2.75) is 18.9 Å². The van der Waals surface area contributed by atoms with Gasteiger partial charge in [-0.15, -0.1) is 0 Å². The van der Waals surface area contributed by atoms with E-state index in [9.17, 15) is 4.79 Å². The van der Waals surface area contributed by atoms with E-state index in [1.165, 1.54) is 23.4 Å². The van der Waals surface area contributed by atoms with Gasteiger partial charge in [0, 0.05) is 12.2 Å². The normalized spacial score (nSPS) is 14.1. The van der Waals surface area contributed by atoms with Crippen molar-refractivity contribution in [2.75, 3.05) is 0 Å². The lowest BCUT2D eigenvalue weighted by Crippen LogP contribution is -2.35. The third kappa shape index (κ3) is 2.65. The molecule has 0 saturated carbocycles. The number of fused-ring (bicyclic) bond motifs is 1. The van der Waals surface area contributed by atoms with E-state index < -0.39 is 0 Å². The molecule has 3 nitrogen and oxygen atoms in total. The number of hydrogen-bond donors (Lipinski definition) is 1. The van der Waals surface area contributed by atoms with E-state index >= 15 is 0 Å². The number of pyridine rings is 1. The van der Waals surface area contributed by atoms with Crippen molar-refractivity contribution < 1.29 is 4.79 Å². The number of rotatable bonds is 2. The Labute approximate surface area is 126 Å². The second-order valence-corrected chi connectivity index (χ2v) is 5.61. The Hall–Kier alpha value is -1.58. The fraction of sp³-hybridized carbons (Fsp3) is 0.200. The van der Waals surface area contributed by atoms with Crippen LogP contribution in [0.3, 0.4) is 0 Å². The van der Waals surface area contributed by atoms with Gasteiger partial charge in [0.25, 0.3) is 5.91 Å². The first-order valence-corrected chi connectivity index (χ1v) is 7.08. The minimum absolute atomic E-state index is 0.120. The Kier molecular flexibility index (Phi) is 3.64. The topological polar surface area (TPSA) is 42.0 Å². The molecule has 0 saturated heterocycles. The third-order valence-corrected chi connectivity index (χ3v) is 4.13. The molecule has 1 N–H and O–H groups in total. The van der Waals surface area contributed by atoms with Gasteiger partial charge in [0.15, 0.2) is 0 Å². The highest BCUT2D eigenvalue weighted by atomic mass is 35.5. The fourth-order valence-corrected chi connectivity index (χ4v) is 2.74. The van der Waals surface area contributed by atoms with Gasteiger partial charge in [0.05, 0.1) is 10.6 Å². The zero-order valence-corrected chi connectivity index (χ0v) is 12.1. The molecule has 1 heterocycles. The summed E-state index contributed by atoms with van der Waals surface area (Å²) < 4.78 is 0. The van der Waals surface area contributed by atoms with Gasteiger partial charge in [-0.05, 0) is 30.0 Å². The van der Waals surface area contributed by atoms with Crippen LogP contribution in [0.25, 0.3) is 0 Å². The number of aromatic nitrogens is 1. The monoisotopic (exact) mass is 306 g/mol. The highest BCUT2D eigenvalue weighted by Crippen LogP contribution is 2.23. The molecule has 1 aromatic heterocycles. The van der Waals surface area contributed by atoms with Crippen LogP contribution in [0.5, 0.6) is 0 Å². The largest absolute Gasteiger partial charge is 0.349 e. The van der Waals surface area contributed by atoms with Crippen molar-refractivity contribution in [1.29, 1.82) is 0 Å². The van der Waals surface area contributed by atoms with Crippen LogP contribution < -0.4 is 5.32 Å². The van der Waals surface area contributed by atoms with Crippen LogP contribution in [0.2, 0.25) is 10.2 Å². The van der Waals surface area contributed by atoms with E-state index in [2.05, 4.69) is 22.4 Å². The number of amides is 1. The van der Waals surface area contributed by atoms with Gasteiger partial charge in [-0.3, -0.25) is 4.79 Å². The molecule has 0 unspecified atom stereocenters. The predicted octanol–water partition coefficient (Wildman–Crippen LogP) is 3.29. The Morgan fingerprint density at radius 3 is 2.45 bits per heavy atom. The van der Waals surface area contributed by atoms with Gasteiger partial charge in [-0.25, -0.2) is 4.98 Å². The standard InChI is InChI=1S/C15H12Cl2N2O/c16-13-7-11(8-18-14(13)17)15(20)19-12-5-9-3-1-2-4-10(9)6-12/h1-4,7-8,12H,5-6H2,(H,19,20). The Morgan fingerprint density at radius 2 is 1.85 bits per heavy atom. The molecule has 20 heavy (non-hydrogen) atoms. The first-order chi connectivity index (χ1) is 9.63. The van der Waals surface area contributed by atoms with Crippen molar-refractivity contribution in [3.63, 3.8) is 0 Å². The van der Waals surface area contributed by atoms with Crippen LogP contribution in [0, 0.1) is 0 Å². The zero-order chi connectivity index (χ0) is 14.1. The van der Waals surface area contributed by atoms with Crippen LogP contribution in [0.15, 0.2) is 36.5 Å². The number of nitrogens with one attached hydrogen (secondary N) is 1. The Morgan fingerprint density at radius 1 is 1.20 bits per heavy atom. The highest BCUT2D eigenvalue weighted by molar-refractivity contribution is 6.41. The summed E-state index contributed by atoms with van der Waals surface area (Å²) in [4.78, 5) is 16.0. The molecule has 0 aliphatic heterocycles. The van der Waals surface area contributed by atoms with Gasteiger partial charge < -0.3 is 5.32 Å². The molecule has 0 spiro atoms. The lowest BCUT2D eigenvalue weighted by atomic mass is 10.1. The number of carbonyl (C=O) groups excluding carboxylic acids is 1. The molecule has 102 valence electrons. The summed E-state index contributed by atoms with van der Waals surface area (Å²) in [7, 11) is 0. The molecular formula is C15H12Cl2N2O. The van der Waals surface area contributed by atoms with Crippen LogP contribution >= 0.6 is 23.2 Å². The SMILES string of the molecule is O=C(NC1Cc2ccccc2C1)c1cnc(Cl)c(Cl)c1. The van der Waals surface area contributed by atoms with E-state index in [-0.39, 0.29) is 22.1 Å². The number of benzene rings is 1. The van der Waals surface area contributed by atoms with Crippen molar-refractivity contribution >= 4 is 29.1 Å². The molecular weight excluding hydrogens is 295 g/mol. The molecule has 5 heteroatoms. The van der Waals surface area contributed by atoms with Crippen LogP contribution in [0.4, 0.5) is 0 Å². The average Bonchev–Trinajstić information content (AvgIpc) is 2.83. The molecule has 0 atom stereocenters. The minimum Gasteiger partial charge on any atom is -0.349 e. The molecule has 1 amide bonds. The molecule has 1 aliphatic carbocycles. The summed E-state index contributed by atoms with van der Waals surface area (Å²) >= 11 is 11.6. The quantitative estimate of drug-likeness (QED) is 0.865. The molecule has 0 fully saturated rings. The van der Waals surface area contributed by atoms with Crippen LogP contribution in [-0.4, -0.2) is 16.9 Å². The fourth-order valence-electron chi connectivity index (χ4n) is 2.48. The summed E-state index contributed by atoms with van der Waals surface area (Å²) in [6.07, 6.45) is 3.15. The maximum absolute atomic E-state index is 12.2. The molecule has 3 rings (SSSR count). The molecule has 1 aromatic carbocycles. The summed E-state index contributed by atoms with van der Waals surface area (Å²) in [5.41, 5.74) is 3.02. The molecule has 2 aromatic rings. The van der Waals surface area contributed by atoms with Crippen molar-refractivity contribution in [3.8, 4) is 0 Å². The van der Waals surface area contributed by atoms with Crippen LogP contribution in [-0.2, 0) is 12.8 Å². The number of nitrogens with zero attached hydrogens (tertiary/aromatic N) is 1. The zero-order valence-electron chi connectivity index (χ0n) is 10.6. The Bertz CT molecular complexity index is 648. The maximum Gasteiger partial charge on any atom is 0.253 e. The average molecular weight is 307 g/mol. The van der Waals surface area contributed by atoms with Gasteiger partial charge >= 0.3 is 0 Å². The van der Waals surface area contributed by atoms with Crippen molar-refractivity contribution in [2.24, 2.45) is 0 Å². The lowest BCUT2D eigenvalue weighted by molar-refractivity contribution is 0.0938. The number of carbonyl (C=O) groups is 1. The summed E-state index contributed by atoms with van der Waals surface area (Å²) in [6.45, 7) is 0. The van der Waals surface area contributed by atoms with E-state index in [0.29, 0.717) is 5.56 Å². The molecule has 0 bridgehead atoms. The Balaban J connectivity index is 1.70. The van der Waals surface area contributed by atoms with E-state index in [1.54, 1.807) is 0 Å². The van der Waals surface area contributed by atoms with E-state index in [0.717, 1.165) is 12.8 Å². The predicted molar refractivity (Wildman–Crippen MR) is 79.4 cm³/mol. The van der Waals surface area contributed by atoms with Crippen molar-refractivity contribution in [3.05, 3.63) is 63.4 Å². The summed E-state index contributed by atoms with van der Waals surface area (Å²) in [5, 5.41) is 3.50. The summed E-state index contributed by atoms with van der Waals surface area (Å²) in [5.74, 6) is -0.172. The summed E-state index contributed by atoms with van der Waals surface area (Å²) in [6, 6.07) is 9.89. The number of hydrogen-bond acceptors (Lipinski definition) is 2. The van der Waals surface area contributed by atoms with E-state index in [1.807, 2.05) is 12.1 Å². The molecule has 0 radical (unpaired) electrons. The van der Waals surface area contributed by atoms with Gasteiger partial charge in [-0.2, -0.15) is 0 Å². The van der Waals surface area contributed by atoms with Gasteiger partial charge in [-0.1, -0.05) is 47.5 Å². The van der Waals surface area contributed by atoms with E-state index in [4.69, 9.17) is 23.2 Å². The van der Waals surface area contributed by atoms with Gasteiger partial charge in [0.2, 0.25) is 0 Å². The third-order valence-electron chi connectivity index (χ3n) is 3.44. The molecule has 1 aliphatic rings. The number of halogens is 2. The smallest absolute Gasteiger partial charge is 0.253 e. The maximum atomic E-state index is 12.2. The van der Waals surface area contributed by atoms with Gasteiger partial charge in [0.1, 0.15) is 5.15 Å². The minimum atomic E-state index is -0.172.